The van der Waals surface area contributed by atoms with E-state index in [2.05, 4.69) is 39.6 Å². The summed E-state index contributed by atoms with van der Waals surface area (Å²) >= 11 is 0. The van der Waals surface area contributed by atoms with Gasteiger partial charge < -0.3 is 20.1 Å². The number of benzene rings is 1. The Bertz CT molecular complexity index is 468. The molecule has 0 amide bonds. The second kappa shape index (κ2) is 5.62. The first-order valence-electron chi connectivity index (χ1n) is 7.14. The van der Waals surface area contributed by atoms with Crippen LogP contribution in [0.15, 0.2) is 18.2 Å². The molecule has 20 heavy (non-hydrogen) atoms. The highest BCUT2D eigenvalue weighted by Crippen LogP contribution is 2.34. The van der Waals surface area contributed by atoms with Gasteiger partial charge in [-0.15, -0.1) is 0 Å². The van der Waals surface area contributed by atoms with E-state index in [4.69, 9.17) is 15.2 Å². The average molecular weight is 278 g/mol. The van der Waals surface area contributed by atoms with Crippen LogP contribution in [-0.4, -0.2) is 31.3 Å². The van der Waals surface area contributed by atoms with E-state index in [0.29, 0.717) is 12.8 Å². The Kier molecular flexibility index (Phi) is 4.25. The van der Waals surface area contributed by atoms with Crippen molar-refractivity contribution in [3.05, 3.63) is 23.8 Å². The summed E-state index contributed by atoms with van der Waals surface area (Å²) in [5, 5.41) is 0. The van der Waals surface area contributed by atoms with E-state index in [1.54, 1.807) is 0 Å². The molecule has 1 aliphatic heterocycles. The van der Waals surface area contributed by atoms with Crippen molar-refractivity contribution in [1.29, 1.82) is 0 Å². The number of hydrogen-bond donors (Lipinski definition) is 1. The SMILES string of the molecule is CC(N(C)CC(N)c1ccc2c(c1)OCO2)C(C)(C)C. The van der Waals surface area contributed by atoms with Crippen LogP contribution in [0.4, 0.5) is 0 Å². The lowest BCUT2D eigenvalue weighted by Gasteiger charge is -2.36. The lowest BCUT2D eigenvalue weighted by atomic mass is 9.87. The van der Waals surface area contributed by atoms with Gasteiger partial charge in [-0.25, -0.2) is 0 Å². The van der Waals surface area contributed by atoms with E-state index < -0.39 is 0 Å². The number of hydrogen-bond acceptors (Lipinski definition) is 4. The summed E-state index contributed by atoms with van der Waals surface area (Å²) in [5.74, 6) is 1.60. The molecule has 4 heteroatoms. The molecule has 1 aliphatic rings. The molecule has 0 spiro atoms. The van der Waals surface area contributed by atoms with Gasteiger partial charge in [0.2, 0.25) is 6.79 Å². The Labute approximate surface area is 121 Å². The summed E-state index contributed by atoms with van der Waals surface area (Å²) in [6, 6.07) is 6.38. The van der Waals surface area contributed by atoms with Gasteiger partial charge in [-0.1, -0.05) is 26.8 Å². The van der Waals surface area contributed by atoms with E-state index in [9.17, 15) is 0 Å². The summed E-state index contributed by atoms with van der Waals surface area (Å²) in [4.78, 5) is 2.31. The summed E-state index contributed by atoms with van der Waals surface area (Å²) in [6.45, 7) is 10.1. The fourth-order valence-electron chi connectivity index (χ4n) is 2.38. The minimum absolute atomic E-state index is 0.0284. The maximum absolute atomic E-state index is 6.33. The van der Waals surface area contributed by atoms with Gasteiger partial charge in [0, 0.05) is 18.6 Å². The molecule has 0 aliphatic carbocycles. The summed E-state index contributed by atoms with van der Waals surface area (Å²) in [7, 11) is 2.13. The molecule has 0 bridgehead atoms. The van der Waals surface area contributed by atoms with Crippen LogP contribution in [0.25, 0.3) is 0 Å². The smallest absolute Gasteiger partial charge is 0.231 e. The monoisotopic (exact) mass is 278 g/mol. The largest absolute Gasteiger partial charge is 0.454 e. The van der Waals surface area contributed by atoms with Crippen LogP contribution < -0.4 is 15.2 Å². The number of ether oxygens (including phenoxy) is 2. The van der Waals surface area contributed by atoms with Crippen molar-refractivity contribution < 1.29 is 9.47 Å². The first-order valence-corrected chi connectivity index (χ1v) is 7.14. The molecule has 0 aromatic heterocycles. The molecule has 2 atom stereocenters. The first-order chi connectivity index (χ1) is 9.29. The Morgan fingerprint density at radius 1 is 1.25 bits per heavy atom. The summed E-state index contributed by atoms with van der Waals surface area (Å²) in [5.41, 5.74) is 7.66. The van der Waals surface area contributed by atoms with E-state index in [0.717, 1.165) is 23.6 Å². The van der Waals surface area contributed by atoms with Crippen molar-refractivity contribution in [2.45, 2.75) is 39.8 Å². The van der Waals surface area contributed by atoms with Gasteiger partial charge in [0.05, 0.1) is 0 Å². The molecule has 4 nitrogen and oxygen atoms in total. The Hall–Kier alpha value is -1.26. The van der Waals surface area contributed by atoms with Crippen LogP contribution in [0.3, 0.4) is 0 Å². The number of fused-ring (bicyclic) bond motifs is 1. The molecule has 2 rings (SSSR count). The second-order valence-electron chi connectivity index (χ2n) is 6.70. The van der Waals surface area contributed by atoms with Crippen molar-refractivity contribution in [3.63, 3.8) is 0 Å². The normalized spacial score (nSPS) is 17.4. The topological polar surface area (TPSA) is 47.7 Å². The zero-order valence-corrected chi connectivity index (χ0v) is 13.1. The fraction of sp³-hybridized carbons (Fsp3) is 0.625. The lowest BCUT2D eigenvalue weighted by molar-refractivity contribution is 0.134. The predicted octanol–water partition coefficient (Wildman–Crippen LogP) is 2.78. The summed E-state index contributed by atoms with van der Waals surface area (Å²) < 4.78 is 10.7. The fourth-order valence-corrected chi connectivity index (χ4v) is 2.38. The molecule has 0 saturated heterocycles. The van der Waals surface area contributed by atoms with Gasteiger partial charge in [-0.2, -0.15) is 0 Å². The van der Waals surface area contributed by atoms with Gasteiger partial charge in [0.25, 0.3) is 0 Å². The predicted molar refractivity (Wildman–Crippen MR) is 81.0 cm³/mol. The van der Waals surface area contributed by atoms with E-state index in [1.807, 2.05) is 18.2 Å². The second-order valence-corrected chi connectivity index (χ2v) is 6.70. The number of likely N-dealkylation sites (N-methyl/N-ethyl adjacent to an activating group) is 1. The molecule has 1 aromatic carbocycles. The molecule has 1 heterocycles. The minimum atomic E-state index is -0.0284. The van der Waals surface area contributed by atoms with Crippen LogP contribution in [0.5, 0.6) is 11.5 Å². The Balaban J connectivity index is 2.03. The van der Waals surface area contributed by atoms with E-state index in [1.165, 1.54) is 0 Å². The number of rotatable bonds is 4. The first kappa shape index (κ1) is 15.1. The van der Waals surface area contributed by atoms with Crippen molar-refractivity contribution in [1.82, 2.24) is 4.90 Å². The Morgan fingerprint density at radius 3 is 2.55 bits per heavy atom. The average Bonchev–Trinajstić information content (AvgIpc) is 2.83. The van der Waals surface area contributed by atoms with Crippen LogP contribution in [0.1, 0.15) is 39.3 Å². The van der Waals surface area contributed by atoms with Crippen LogP contribution in [-0.2, 0) is 0 Å². The molecular weight excluding hydrogens is 252 g/mol. The molecular formula is C16H26N2O2. The Morgan fingerprint density at radius 2 is 1.90 bits per heavy atom. The van der Waals surface area contributed by atoms with Gasteiger partial charge in [0.1, 0.15) is 0 Å². The molecule has 0 saturated carbocycles. The lowest BCUT2D eigenvalue weighted by Crippen LogP contribution is -2.42. The molecule has 112 valence electrons. The highest BCUT2D eigenvalue weighted by molar-refractivity contribution is 5.45. The number of nitrogens with zero attached hydrogens (tertiary/aromatic N) is 1. The van der Waals surface area contributed by atoms with Crippen molar-refractivity contribution >= 4 is 0 Å². The highest BCUT2D eigenvalue weighted by Gasteiger charge is 2.25. The van der Waals surface area contributed by atoms with Crippen molar-refractivity contribution in [3.8, 4) is 11.5 Å². The maximum Gasteiger partial charge on any atom is 0.231 e. The maximum atomic E-state index is 6.33. The molecule has 0 radical (unpaired) electrons. The summed E-state index contributed by atoms with van der Waals surface area (Å²) in [6.07, 6.45) is 0. The minimum Gasteiger partial charge on any atom is -0.454 e. The van der Waals surface area contributed by atoms with E-state index in [-0.39, 0.29) is 11.5 Å². The van der Waals surface area contributed by atoms with Crippen LogP contribution in [0.2, 0.25) is 0 Å². The standard InChI is InChI=1S/C16H26N2O2/c1-11(16(2,3)4)18(5)9-13(17)12-6-7-14-15(8-12)20-10-19-14/h6-8,11,13H,9-10,17H2,1-5H3. The van der Waals surface area contributed by atoms with Crippen molar-refractivity contribution in [2.75, 3.05) is 20.4 Å². The van der Waals surface area contributed by atoms with Crippen LogP contribution >= 0.6 is 0 Å². The molecule has 2 unspecified atom stereocenters. The van der Waals surface area contributed by atoms with Gasteiger partial charge in [-0.05, 0) is 37.1 Å². The van der Waals surface area contributed by atoms with Crippen LogP contribution in [0, 0.1) is 5.41 Å². The van der Waals surface area contributed by atoms with Gasteiger partial charge >= 0.3 is 0 Å². The molecule has 1 aromatic rings. The third-order valence-corrected chi connectivity index (χ3v) is 4.22. The third kappa shape index (κ3) is 3.25. The quantitative estimate of drug-likeness (QED) is 0.920. The van der Waals surface area contributed by atoms with E-state index >= 15 is 0 Å². The van der Waals surface area contributed by atoms with Crippen molar-refractivity contribution in [2.24, 2.45) is 11.1 Å². The zero-order chi connectivity index (χ0) is 14.9. The van der Waals surface area contributed by atoms with Gasteiger partial charge in [-0.3, -0.25) is 0 Å². The molecule has 2 N–H and O–H groups in total. The molecule has 0 fully saturated rings. The number of nitrogens with two attached hydrogens (primary N) is 1. The zero-order valence-electron chi connectivity index (χ0n) is 13.1. The van der Waals surface area contributed by atoms with Gasteiger partial charge in [0.15, 0.2) is 11.5 Å². The third-order valence-electron chi connectivity index (χ3n) is 4.22. The highest BCUT2D eigenvalue weighted by atomic mass is 16.7.